The highest BCUT2D eigenvalue weighted by Crippen LogP contribution is 2.37. The first kappa shape index (κ1) is 23.4. The van der Waals surface area contributed by atoms with Crippen molar-refractivity contribution in [2.24, 2.45) is 11.7 Å². The highest BCUT2D eigenvalue weighted by molar-refractivity contribution is 5.99. The Morgan fingerprint density at radius 2 is 1.94 bits per heavy atom. The van der Waals surface area contributed by atoms with Gasteiger partial charge in [-0.1, -0.05) is 48.6 Å². The standard InChI is InChI=1S/C26H23F3N2O3/c1-15-20-9-4-10-21(17-6-3-7-18(13-17)25(33)31-14-23(30)32)24(20)34-22(15)12-16-5-2-8-19(11-16)26(27,28)29/h2-4,6-11,13,16H,5,12,14H2,1H3,(H2,30,32)(H,31,33). The molecule has 3 aromatic rings. The Morgan fingerprint density at radius 3 is 2.68 bits per heavy atom. The number of furan rings is 1. The average molecular weight is 468 g/mol. The maximum absolute atomic E-state index is 13.1. The first-order valence-corrected chi connectivity index (χ1v) is 10.8. The van der Waals surface area contributed by atoms with Gasteiger partial charge in [0.2, 0.25) is 5.91 Å². The van der Waals surface area contributed by atoms with Crippen LogP contribution in [0.15, 0.2) is 70.7 Å². The summed E-state index contributed by atoms with van der Waals surface area (Å²) in [5.41, 5.74) is 7.79. The summed E-state index contributed by atoms with van der Waals surface area (Å²) in [6, 6.07) is 12.5. The van der Waals surface area contributed by atoms with Gasteiger partial charge >= 0.3 is 6.18 Å². The smallest absolute Gasteiger partial charge is 0.416 e. The van der Waals surface area contributed by atoms with Crippen LogP contribution in [0, 0.1) is 12.8 Å². The van der Waals surface area contributed by atoms with Gasteiger partial charge in [-0.3, -0.25) is 9.59 Å². The average Bonchev–Trinajstić information content (AvgIpc) is 3.12. The lowest BCUT2D eigenvalue weighted by Gasteiger charge is -2.17. The lowest BCUT2D eigenvalue weighted by Crippen LogP contribution is -2.33. The molecular weight excluding hydrogens is 445 g/mol. The fourth-order valence-corrected chi connectivity index (χ4v) is 4.13. The minimum absolute atomic E-state index is 0.264. The number of para-hydroxylation sites is 1. The Balaban J connectivity index is 1.66. The van der Waals surface area contributed by atoms with Gasteiger partial charge in [0.05, 0.1) is 12.1 Å². The Morgan fingerprint density at radius 1 is 1.18 bits per heavy atom. The third kappa shape index (κ3) is 4.90. The molecule has 2 amide bonds. The topological polar surface area (TPSA) is 85.3 Å². The van der Waals surface area contributed by atoms with Crippen molar-refractivity contribution in [1.29, 1.82) is 0 Å². The van der Waals surface area contributed by atoms with E-state index in [1.54, 1.807) is 24.3 Å². The van der Waals surface area contributed by atoms with Crippen LogP contribution in [-0.2, 0) is 11.2 Å². The SMILES string of the molecule is Cc1c(CC2C=C(C(F)(F)F)C=CC2)oc2c(-c3cccc(C(=O)NCC(N)=O)c3)cccc12. The van der Waals surface area contributed by atoms with Crippen LogP contribution < -0.4 is 11.1 Å². The molecule has 0 aliphatic heterocycles. The van der Waals surface area contributed by atoms with Gasteiger partial charge in [-0.2, -0.15) is 13.2 Å². The number of benzene rings is 2. The van der Waals surface area contributed by atoms with Crippen molar-refractivity contribution in [3.8, 4) is 11.1 Å². The zero-order valence-electron chi connectivity index (χ0n) is 18.4. The number of carbonyl (C=O) groups is 2. The van der Waals surface area contributed by atoms with Crippen LogP contribution in [0.3, 0.4) is 0 Å². The summed E-state index contributed by atoms with van der Waals surface area (Å²) in [4.78, 5) is 23.3. The molecule has 1 unspecified atom stereocenters. The normalized spacial score (nSPS) is 15.9. The summed E-state index contributed by atoms with van der Waals surface area (Å²) in [6.45, 7) is 1.63. The number of aryl methyl sites for hydroxylation is 1. The van der Waals surface area contributed by atoms with E-state index in [0.29, 0.717) is 29.7 Å². The summed E-state index contributed by atoms with van der Waals surface area (Å²) >= 11 is 0. The second-order valence-corrected chi connectivity index (χ2v) is 8.28. The lowest BCUT2D eigenvalue weighted by molar-refractivity contribution is -0.117. The van der Waals surface area contributed by atoms with Crippen LogP contribution in [0.5, 0.6) is 0 Å². The Bertz CT molecular complexity index is 1320. The highest BCUT2D eigenvalue weighted by Gasteiger charge is 2.33. The van der Waals surface area contributed by atoms with E-state index in [1.165, 1.54) is 6.08 Å². The van der Waals surface area contributed by atoms with E-state index in [0.717, 1.165) is 28.2 Å². The molecule has 5 nitrogen and oxygen atoms in total. The first-order valence-electron chi connectivity index (χ1n) is 10.8. The molecule has 0 radical (unpaired) electrons. The van der Waals surface area contributed by atoms with E-state index in [2.05, 4.69) is 5.32 Å². The fraction of sp³-hybridized carbons (Fsp3) is 0.231. The van der Waals surface area contributed by atoms with Gasteiger partial charge in [-0.15, -0.1) is 0 Å². The maximum atomic E-state index is 13.1. The van der Waals surface area contributed by atoms with Gasteiger partial charge in [0.1, 0.15) is 11.3 Å². The molecule has 1 atom stereocenters. The second-order valence-electron chi connectivity index (χ2n) is 8.28. The molecular formula is C26H23F3N2O3. The predicted octanol–water partition coefficient (Wildman–Crippen LogP) is 5.23. The molecule has 0 spiro atoms. The van der Waals surface area contributed by atoms with E-state index >= 15 is 0 Å². The van der Waals surface area contributed by atoms with Crippen molar-refractivity contribution in [2.75, 3.05) is 6.54 Å². The van der Waals surface area contributed by atoms with E-state index in [-0.39, 0.29) is 12.5 Å². The number of hydrogen-bond donors (Lipinski definition) is 2. The third-order valence-electron chi connectivity index (χ3n) is 5.85. The van der Waals surface area contributed by atoms with E-state index in [4.69, 9.17) is 10.2 Å². The number of primary amides is 1. The van der Waals surface area contributed by atoms with Crippen LogP contribution in [0.1, 0.15) is 28.1 Å². The molecule has 1 heterocycles. The van der Waals surface area contributed by atoms with Crippen LogP contribution in [0.4, 0.5) is 13.2 Å². The molecule has 0 saturated heterocycles. The van der Waals surface area contributed by atoms with Crippen molar-refractivity contribution in [2.45, 2.75) is 25.9 Å². The summed E-state index contributed by atoms with van der Waals surface area (Å²) in [5, 5.41) is 3.32. The van der Waals surface area contributed by atoms with Crippen LogP contribution in [-0.4, -0.2) is 24.5 Å². The minimum atomic E-state index is -4.37. The number of rotatable bonds is 6. The lowest BCUT2D eigenvalue weighted by atomic mass is 9.91. The largest absolute Gasteiger partial charge is 0.460 e. The van der Waals surface area contributed by atoms with Crippen molar-refractivity contribution in [3.05, 3.63) is 83.2 Å². The van der Waals surface area contributed by atoms with Gasteiger partial charge < -0.3 is 15.5 Å². The number of nitrogens with one attached hydrogen (secondary N) is 1. The van der Waals surface area contributed by atoms with Crippen molar-refractivity contribution in [3.63, 3.8) is 0 Å². The molecule has 0 saturated carbocycles. The molecule has 0 bridgehead atoms. The number of carbonyl (C=O) groups excluding carboxylic acids is 2. The number of alkyl halides is 3. The zero-order chi connectivity index (χ0) is 24.5. The van der Waals surface area contributed by atoms with Crippen LogP contribution in [0.2, 0.25) is 0 Å². The van der Waals surface area contributed by atoms with Gasteiger partial charge in [-0.25, -0.2) is 0 Å². The molecule has 0 fully saturated rings. The van der Waals surface area contributed by atoms with E-state index in [1.807, 2.05) is 31.2 Å². The van der Waals surface area contributed by atoms with E-state index in [9.17, 15) is 22.8 Å². The Hall–Kier alpha value is -3.81. The number of allylic oxidation sites excluding steroid dienone is 4. The molecule has 4 rings (SSSR count). The van der Waals surface area contributed by atoms with Crippen LogP contribution >= 0.6 is 0 Å². The molecule has 2 aromatic carbocycles. The van der Waals surface area contributed by atoms with Crippen molar-refractivity contribution < 1.29 is 27.2 Å². The van der Waals surface area contributed by atoms with Gasteiger partial charge in [0.15, 0.2) is 0 Å². The van der Waals surface area contributed by atoms with Crippen molar-refractivity contribution >= 4 is 22.8 Å². The monoisotopic (exact) mass is 468 g/mol. The summed E-state index contributed by atoms with van der Waals surface area (Å²) in [6.07, 6.45) is 0.408. The molecule has 176 valence electrons. The van der Waals surface area contributed by atoms with Gasteiger partial charge in [0.25, 0.3) is 5.91 Å². The summed E-state index contributed by atoms with van der Waals surface area (Å²) in [5.74, 6) is -0.752. The summed E-state index contributed by atoms with van der Waals surface area (Å²) in [7, 11) is 0. The van der Waals surface area contributed by atoms with Gasteiger partial charge in [-0.05, 0) is 42.5 Å². The van der Waals surface area contributed by atoms with E-state index < -0.39 is 23.6 Å². The molecule has 1 aromatic heterocycles. The predicted molar refractivity (Wildman–Crippen MR) is 123 cm³/mol. The quantitative estimate of drug-likeness (QED) is 0.520. The molecule has 1 aliphatic rings. The van der Waals surface area contributed by atoms with Crippen molar-refractivity contribution in [1.82, 2.24) is 5.32 Å². The minimum Gasteiger partial charge on any atom is -0.460 e. The molecule has 3 N–H and O–H groups in total. The highest BCUT2D eigenvalue weighted by atomic mass is 19.4. The second kappa shape index (κ2) is 9.21. The molecule has 8 heteroatoms. The Labute approximate surface area is 194 Å². The number of amides is 2. The number of fused-ring (bicyclic) bond motifs is 1. The fourth-order valence-electron chi connectivity index (χ4n) is 4.13. The third-order valence-corrected chi connectivity index (χ3v) is 5.85. The first-order chi connectivity index (χ1) is 16.1. The number of halogens is 3. The number of nitrogens with two attached hydrogens (primary N) is 1. The molecule has 1 aliphatic carbocycles. The maximum Gasteiger partial charge on any atom is 0.416 e. The zero-order valence-corrected chi connectivity index (χ0v) is 18.4. The molecule has 34 heavy (non-hydrogen) atoms. The van der Waals surface area contributed by atoms with Gasteiger partial charge in [0, 0.05) is 22.9 Å². The Kier molecular flexibility index (Phi) is 6.32. The number of hydrogen-bond acceptors (Lipinski definition) is 3. The summed E-state index contributed by atoms with van der Waals surface area (Å²) < 4.78 is 45.6. The van der Waals surface area contributed by atoms with Crippen LogP contribution in [0.25, 0.3) is 22.1 Å².